The number of cyclic esters (lactones) is 1. The van der Waals surface area contributed by atoms with Gasteiger partial charge in [-0.3, -0.25) is 4.79 Å². The summed E-state index contributed by atoms with van der Waals surface area (Å²) in [6.07, 6.45) is 2.76. The summed E-state index contributed by atoms with van der Waals surface area (Å²) in [6, 6.07) is -0.274. The first-order chi connectivity index (χ1) is 8.60. The lowest BCUT2D eigenvalue weighted by Crippen LogP contribution is -2.48. The minimum Gasteiger partial charge on any atom is -0.463 e. The lowest BCUT2D eigenvalue weighted by atomic mass is 9.75. The molecule has 5 heteroatoms. The van der Waals surface area contributed by atoms with E-state index in [0.29, 0.717) is 6.61 Å². The van der Waals surface area contributed by atoms with Gasteiger partial charge in [0.05, 0.1) is 18.1 Å². The maximum atomic E-state index is 12.0. The van der Waals surface area contributed by atoms with Gasteiger partial charge < -0.3 is 14.8 Å². The van der Waals surface area contributed by atoms with Gasteiger partial charge in [-0.1, -0.05) is 26.7 Å². The van der Waals surface area contributed by atoms with Crippen LogP contribution in [0.25, 0.3) is 0 Å². The molecule has 5 nitrogen and oxygen atoms in total. The molecule has 0 bridgehead atoms. The highest BCUT2D eigenvalue weighted by Gasteiger charge is 2.51. The summed E-state index contributed by atoms with van der Waals surface area (Å²) in [6.45, 7) is 6.38. The van der Waals surface area contributed by atoms with Crippen LogP contribution < -0.4 is 5.32 Å². The molecular weight excluding hydrogens is 234 g/mol. The van der Waals surface area contributed by atoms with Crippen LogP contribution in [0.15, 0.2) is 0 Å². The smallest absolute Gasteiger partial charge is 0.407 e. The third kappa shape index (κ3) is 2.94. The number of hydrogen-bond donors (Lipinski definition) is 1. The van der Waals surface area contributed by atoms with Crippen LogP contribution in [-0.4, -0.2) is 31.3 Å². The molecule has 1 atom stereocenters. The highest BCUT2D eigenvalue weighted by Crippen LogP contribution is 2.39. The van der Waals surface area contributed by atoms with Crippen molar-refractivity contribution in [2.45, 2.75) is 52.5 Å². The van der Waals surface area contributed by atoms with Crippen molar-refractivity contribution in [1.29, 1.82) is 0 Å². The van der Waals surface area contributed by atoms with Crippen LogP contribution in [0.1, 0.15) is 46.5 Å². The van der Waals surface area contributed by atoms with Crippen molar-refractivity contribution in [2.24, 2.45) is 5.41 Å². The van der Waals surface area contributed by atoms with Gasteiger partial charge >= 0.3 is 12.1 Å². The number of carbonyl (C=O) groups excluding carboxylic acids is 2. The van der Waals surface area contributed by atoms with E-state index in [-0.39, 0.29) is 18.6 Å². The molecule has 0 unspecified atom stereocenters. The molecule has 1 aliphatic heterocycles. The minimum absolute atomic E-state index is 0.187. The van der Waals surface area contributed by atoms with Crippen LogP contribution in [-0.2, 0) is 14.3 Å². The molecule has 1 aliphatic rings. The van der Waals surface area contributed by atoms with E-state index in [4.69, 9.17) is 9.47 Å². The van der Waals surface area contributed by atoms with Crippen LogP contribution in [0.4, 0.5) is 4.79 Å². The van der Waals surface area contributed by atoms with Gasteiger partial charge in [0.25, 0.3) is 0 Å². The number of hydrogen-bond acceptors (Lipinski definition) is 4. The second kappa shape index (κ2) is 6.61. The molecule has 0 radical (unpaired) electrons. The number of amides is 1. The third-order valence-electron chi connectivity index (χ3n) is 3.41. The molecule has 0 aromatic carbocycles. The van der Waals surface area contributed by atoms with Gasteiger partial charge in [0.15, 0.2) is 0 Å². The van der Waals surface area contributed by atoms with E-state index in [0.717, 1.165) is 25.7 Å². The first-order valence-corrected chi connectivity index (χ1v) is 6.71. The molecule has 0 aliphatic carbocycles. The van der Waals surface area contributed by atoms with Gasteiger partial charge in [-0.05, 0) is 19.8 Å². The molecule has 0 aromatic rings. The van der Waals surface area contributed by atoms with Gasteiger partial charge in [0.1, 0.15) is 6.61 Å². The first kappa shape index (κ1) is 14.8. The topological polar surface area (TPSA) is 64.6 Å². The molecule has 1 amide bonds. The summed E-state index contributed by atoms with van der Waals surface area (Å²) in [5.74, 6) is -0.187. The number of ether oxygens (including phenoxy) is 2. The SMILES string of the molecule is CCCC1(CCC)C(=O)OC[C@@H]1NC(=O)OCC. The highest BCUT2D eigenvalue weighted by molar-refractivity contribution is 5.81. The van der Waals surface area contributed by atoms with Crippen molar-refractivity contribution in [3.63, 3.8) is 0 Å². The second-order valence-corrected chi connectivity index (χ2v) is 4.67. The molecule has 1 N–H and O–H groups in total. The van der Waals surface area contributed by atoms with Crippen LogP contribution in [0, 0.1) is 5.41 Å². The molecule has 0 aromatic heterocycles. The van der Waals surface area contributed by atoms with Crippen LogP contribution >= 0.6 is 0 Å². The van der Waals surface area contributed by atoms with E-state index in [1.165, 1.54) is 0 Å². The summed E-state index contributed by atoms with van der Waals surface area (Å²) in [7, 11) is 0. The zero-order valence-corrected chi connectivity index (χ0v) is 11.5. The van der Waals surface area contributed by atoms with Crippen molar-refractivity contribution < 1.29 is 19.1 Å². The standard InChI is InChI=1S/C13H23NO4/c1-4-7-13(8-5-2)10(9-18-11(13)15)14-12(16)17-6-3/h10H,4-9H2,1-3H3,(H,14,16)/t10-/m0/s1. The van der Waals surface area contributed by atoms with Gasteiger partial charge in [-0.15, -0.1) is 0 Å². The molecule has 1 fully saturated rings. The summed E-state index contributed by atoms with van der Waals surface area (Å²) < 4.78 is 10.0. The Hall–Kier alpha value is -1.26. The molecule has 1 saturated heterocycles. The number of rotatable bonds is 6. The van der Waals surface area contributed by atoms with Crippen molar-refractivity contribution in [3.8, 4) is 0 Å². The van der Waals surface area contributed by atoms with E-state index in [2.05, 4.69) is 5.32 Å². The largest absolute Gasteiger partial charge is 0.463 e. The van der Waals surface area contributed by atoms with Crippen LogP contribution in [0.3, 0.4) is 0 Å². The molecule has 0 spiro atoms. The molecule has 18 heavy (non-hydrogen) atoms. The van der Waals surface area contributed by atoms with Gasteiger partial charge in [0.2, 0.25) is 0 Å². The maximum Gasteiger partial charge on any atom is 0.407 e. The molecular formula is C13H23NO4. The summed E-state index contributed by atoms with van der Waals surface area (Å²) in [5, 5.41) is 2.76. The Morgan fingerprint density at radius 2 is 2.00 bits per heavy atom. The first-order valence-electron chi connectivity index (χ1n) is 6.71. The average molecular weight is 257 g/mol. The fraction of sp³-hybridized carbons (Fsp3) is 0.846. The van der Waals surface area contributed by atoms with Crippen molar-refractivity contribution in [1.82, 2.24) is 5.32 Å². The molecule has 0 saturated carbocycles. The van der Waals surface area contributed by atoms with Crippen LogP contribution in [0.2, 0.25) is 0 Å². The van der Waals surface area contributed by atoms with E-state index in [9.17, 15) is 9.59 Å². The predicted octanol–water partition coefficient (Wildman–Crippen LogP) is 2.24. The summed E-state index contributed by atoms with van der Waals surface area (Å²) in [5.41, 5.74) is -0.573. The van der Waals surface area contributed by atoms with Gasteiger partial charge in [-0.25, -0.2) is 4.79 Å². The Morgan fingerprint density at radius 3 is 2.50 bits per heavy atom. The summed E-state index contributed by atoms with van der Waals surface area (Å²) in [4.78, 5) is 23.5. The fourth-order valence-corrected chi connectivity index (χ4v) is 2.67. The monoisotopic (exact) mass is 257 g/mol. The van der Waals surface area contributed by atoms with E-state index >= 15 is 0 Å². The minimum atomic E-state index is -0.573. The van der Waals surface area contributed by atoms with Gasteiger partial charge in [-0.2, -0.15) is 0 Å². The fourth-order valence-electron chi connectivity index (χ4n) is 2.67. The van der Waals surface area contributed by atoms with Gasteiger partial charge in [0, 0.05) is 0 Å². The third-order valence-corrected chi connectivity index (χ3v) is 3.41. The van der Waals surface area contributed by atoms with E-state index < -0.39 is 11.5 Å². The number of nitrogens with one attached hydrogen (secondary N) is 1. The van der Waals surface area contributed by atoms with Crippen LogP contribution in [0.5, 0.6) is 0 Å². The van der Waals surface area contributed by atoms with Crippen molar-refractivity contribution in [3.05, 3.63) is 0 Å². The molecule has 1 heterocycles. The van der Waals surface area contributed by atoms with Crippen molar-refractivity contribution in [2.75, 3.05) is 13.2 Å². The Kier molecular flexibility index (Phi) is 5.44. The van der Waals surface area contributed by atoms with E-state index in [1.54, 1.807) is 6.92 Å². The maximum absolute atomic E-state index is 12.0. The number of alkyl carbamates (subject to hydrolysis) is 1. The Morgan fingerprint density at radius 1 is 1.39 bits per heavy atom. The predicted molar refractivity (Wildman–Crippen MR) is 67.2 cm³/mol. The Balaban J connectivity index is 2.80. The summed E-state index contributed by atoms with van der Waals surface area (Å²) >= 11 is 0. The normalized spacial score (nSPS) is 21.5. The zero-order valence-electron chi connectivity index (χ0n) is 11.5. The quantitative estimate of drug-likeness (QED) is 0.741. The molecule has 1 rings (SSSR count). The molecule has 104 valence electrons. The number of esters is 1. The zero-order chi connectivity index (χ0) is 13.6. The average Bonchev–Trinajstić information content (AvgIpc) is 2.60. The second-order valence-electron chi connectivity index (χ2n) is 4.67. The van der Waals surface area contributed by atoms with Crippen molar-refractivity contribution >= 4 is 12.1 Å². The lowest BCUT2D eigenvalue weighted by Gasteiger charge is -2.30. The Bertz CT molecular complexity index is 297. The van der Waals surface area contributed by atoms with E-state index in [1.807, 2.05) is 13.8 Å². The lowest BCUT2D eigenvalue weighted by molar-refractivity contribution is -0.147. The Labute approximate surface area is 108 Å². The highest BCUT2D eigenvalue weighted by atomic mass is 16.6. The number of carbonyl (C=O) groups is 2.